The molecule has 0 bridgehead atoms. The van der Waals surface area contributed by atoms with Gasteiger partial charge in [-0.3, -0.25) is 0 Å². The summed E-state index contributed by atoms with van der Waals surface area (Å²) in [6.45, 7) is 0. The monoisotopic (exact) mass is 284 g/mol. The molecule has 4 heteroatoms. The molecule has 0 heterocycles. The van der Waals surface area contributed by atoms with E-state index in [9.17, 15) is 9.90 Å². The molecule has 2 nitrogen and oxygen atoms in total. The van der Waals surface area contributed by atoms with Crippen molar-refractivity contribution in [3.63, 3.8) is 0 Å². The van der Waals surface area contributed by atoms with Crippen molar-refractivity contribution in [2.75, 3.05) is 0 Å². The summed E-state index contributed by atoms with van der Waals surface area (Å²) in [4.78, 5) is 10.4. The zero-order valence-corrected chi connectivity index (χ0v) is 10.8. The van der Waals surface area contributed by atoms with Gasteiger partial charge >= 0.3 is 29.6 Å². The second kappa shape index (κ2) is 5.96. The molecule has 1 aromatic rings. The molecule has 1 atom stereocenters. The molecule has 0 saturated heterocycles. The normalized spacial score (nSPS) is 11.4. The topological polar surface area (TPSA) is 40.1 Å². The van der Waals surface area contributed by atoms with Gasteiger partial charge in [0.2, 0.25) is 0 Å². The number of benzene rings is 1. The molecule has 0 N–H and O–H groups in total. The maximum Gasteiger partial charge on any atom is 1.00 e. The van der Waals surface area contributed by atoms with Crippen LogP contribution in [0.25, 0.3) is 0 Å². The van der Waals surface area contributed by atoms with E-state index in [1.165, 1.54) is 0 Å². The van der Waals surface area contributed by atoms with Gasteiger partial charge in [-0.1, -0.05) is 52.9 Å². The summed E-state index contributed by atoms with van der Waals surface area (Å²) in [6, 6.07) is 9.01. The third kappa shape index (κ3) is 3.43. The molecular formula is C8H6INaO2. The minimum atomic E-state index is -1.04. The van der Waals surface area contributed by atoms with Crippen LogP contribution in [0.5, 0.6) is 0 Å². The Hall–Kier alpha value is 0.420. The van der Waals surface area contributed by atoms with E-state index in [1.807, 2.05) is 40.8 Å². The van der Waals surface area contributed by atoms with E-state index in [0.29, 0.717) is 0 Å². The van der Waals surface area contributed by atoms with Gasteiger partial charge in [0, 0.05) is 0 Å². The molecule has 0 amide bonds. The van der Waals surface area contributed by atoms with E-state index in [2.05, 4.69) is 0 Å². The Morgan fingerprint density at radius 2 is 1.83 bits per heavy atom. The van der Waals surface area contributed by atoms with Gasteiger partial charge in [0.1, 0.15) is 0 Å². The van der Waals surface area contributed by atoms with Crippen LogP contribution >= 0.6 is 22.6 Å². The molecule has 1 aromatic carbocycles. The summed E-state index contributed by atoms with van der Waals surface area (Å²) in [7, 11) is 0. The van der Waals surface area contributed by atoms with Crippen LogP contribution in [0.3, 0.4) is 0 Å². The number of aliphatic carboxylic acids is 1. The molecule has 0 aliphatic heterocycles. The van der Waals surface area contributed by atoms with Gasteiger partial charge in [0.15, 0.2) is 0 Å². The van der Waals surface area contributed by atoms with Crippen LogP contribution in [-0.4, -0.2) is 5.97 Å². The van der Waals surface area contributed by atoms with Crippen LogP contribution in [0.2, 0.25) is 0 Å². The number of hydrogen-bond acceptors (Lipinski definition) is 2. The first-order chi connectivity index (χ1) is 5.22. The smallest absolute Gasteiger partial charge is 0.549 e. The molecule has 1 unspecified atom stereocenters. The van der Waals surface area contributed by atoms with Gasteiger partial charge in [-0.05, 0) is 5.56 Å². The molecule has 12 heavy (non-hydrogen) atoms. The second-order valence-corrected chi connectivity index (χ2v) is 3.34. The molecule has 0 radical (unpaired) electrons. The largest absolute Gasteiger partial charge is 1.00 e. The number of carboxylic acid groups (broad SMARTS) is 1. The van der Waals surface area contributed by atoms with Crippen LogP contribution < -0.4 is 34.7 Å². The van der Waals surface area contributed by atoms with E-state index in [1.54, 1.807) is 12.1 Å². The Morgan fingerprint density at radius 3 is 2.25 bits per heavy atom. The third-order valence-electron chi connectivity index (χ3n) is 1.30. The zero-order chi connectivity index (χ0) is 8.27. The Balaban J connectivity index is 0.00000121. The molecule has 0 spiro atoms. The summed E-state index contributed by atoms with van der Waals surface area (Å²) in [5.74, 6) is -1.04. The Kier molecular flexibility index (Phi) is 6.17. The number of halogens is 1. The first-order valence-electron chi connectivity index (χ1n) is 3.11. The van der Waals surface area contributed by atoms with E-state index >= 15 is 0 Å². The van der Waals surface area contributed by atoms with E-state index in [-0.39, 0.29) is 29.6 Å². The quantitative estimate of drug-likeness (QED) is 0.355. The molecule has 0 fully saturated rings. The van der Waals surface area contributed by atoms with Crippen molar-refractivity contribution in [3.8, 4) is 0 Å². The first-order valence-corrected chi connectivity index (χ1v) is 4.36. The maximum absolute atomic E-state index is 10.4. The summed E-state index contributed by atoms with van der Waals surface area (Å²) in [6.07, 6.45) is 0. The fraction of sp³-hybridized carbons (Fsp3) is 0.125. The SMILES string of the molecule is O=C([O-])C(I)c1ccccc1.[Na+]. The van der Waals surface area contributed by atoms with Gasteiger partial charge in [-0.25, -0.2) is 0 Å². The molecule has 0 saturated carbocycles. The van der Waals surface area contributed by atoms with Crippen LogP contribution in [-0.2, 0) is 4.79 Å². The van der Waals surface area contributed by atoms with Crippen LogP contribution in [0, 0.1) is 0 Å². The standard InChI is InChI=1S/C8H7IO2.Na/c9-7(8(10)11)6-4-2-1-3-5-6;/h1-5,7H,(H,10,11);/q;+1/p-1. The molecule has 0 aromatic heterocycles. The van der Waals surface area contributed by atoms with Gasteiger partial charge in [-0.2, -0.15) is 0 Å². The van der Waals surface area contributed by atoms with Gasteiger partial charge in [-0.15, -0.1) is 0 Å². The number of carbonyl (C=O) groups is 1. The van der Waals surface area contributed by atoms with Crippen molar-refractivity contribution in [2.45, 2.75) is 3.92 Å². The second-order valence-electron chi connectivity index (χ2n) is 2.09. The van der Waals surface area contributed by atoms with Crippen molar-refractivity contribution in [2.24, 2.45) is 0 Å². The van der Waals surface area contributed by atoms with Crippen LogP contribution in [0.15, 0.2) is 30.3 Å². The summed E-state index contributed by atoms with van der Waals surface area (Å²) < 4.78 is -0.547. The van der Waals surface area contributed by atoms with Gasteiger partial charge < -0.3 is 9.90 Å². The molecule has 1 rings (SSSR count). The average molecular weight is 284 g/mol. The molecule has 0 aliphatic rings. The number of alkyl halides is 1. The van der Waals surface area contributed by atoms with E-state index in [4.69, 9.17) is 0 Å². The number of carbonyl (C=O) groups excluding carboxylic acids is 1. The van der Waals surface area contributed by atoms with Crippen LogP contribution in [0.1, 0.15) is 9.49 Å². The summed E-state index contributed by atoms with van der Waals surface area (Å²) in [5, 5.41) is 10.4. The number of rotatable bonds is 2. The summed E-state index contributed by atoms with van der Waals surface area (Å²) in [5.41, 5.74) is 0.771. The Bertz CT molecular complexity index is 250. The zero-order valence-electron chi connectivity index (χ0n) is 6.66. The summed E-state index contributed by atoms with van der Waals surface area (Å²) >= 11 is 1.84. The molecular weight excluding hydrogens is 278 g/mol. The number of hydrogen-bond donors (Lipinski definition) is 0. The minimum absolute atomic E-state index is 0. The number of carboxylic acids is 1. The van der Waals surface area contributed by atoms with E-state index < -0.39 is 9.89 Å². The van der Waals surface area contributed by atoms with Crippen molar-refractivity contribution in [1.82, 2.24) is 0 Å². The third-order valence-corrected chi connectivity index (χ3v) is 2.53. The average Bonchev–Trinajstić information content (AvgIpc) is 2.05. The van der Waals surface area contributed by atoms with Gasteiger partial charge in [0.25, 0.3) is 0 Å². The van der Waals surface area contributed by atoms with Crippen molar-refractivity contribution in [1.29, 1.82) is 0 Å². The Labute approximate surface area is 107 Å². The predicted octanol–water partition coefficient (Wildman–Crippen LogP) is -2.08. The van der Waals surface area contributed by atoms with Gasteiger partial charge in [0.05, 0.1) is 9.89 Å². The Morgan fingerprint density at radius 1 is 1.33 bits per heavy atom. The maximum atomic E-state index is 10.4. The minimum Gasteiger partial charge on any atom is -0.549 e. The van der Waals surface area contributed by atoms with Crippen molar-refractivity contribution < 1.29 is 39.5 Å². The molecule has 58 valence electrons. The first kappa shape index (κ1) is 12.4. The fourth-order valence-corrected chi connectivity index (χ4v) is 1.17. The van der Waals surface area contributed by atoms with E-state index in [0.717, 1.165) is 5.56 Å². The fourth-order valence-electron chi connectivity index (χ4n) is 0.758. The van der Waals surface area contributed by atoms with Crippen LogP contribution in [0.4, 0.5) is 0 Å². The van der Waals surface area contributed by atoms with Crippen molar-refractivity contribution in [3.05, 3.63) is 35.9 Å². The molecule has 0 aliphatic carbocycles. The van der Waals surface area contributed by atoms with Crippen molar-refractivity contribution >= 4 is 28.6 Å². The predicted molar refractivity (Wildman–Crippen MR) is 48.2 cm³/mol.